The van der Waals surface area contributed by atoms with Gasteiger partial charge in [-0.1, -0.05) is 17.7 Å². The predicted molar refractivity (Wildman–Crippen MR) is 119 cm³/mol. The molecule has 1 aliphatic carbocycles. The molecule has 1 aromatic heterocycles. The standard InChI is InChI=1S/C25H32N4O2/c1-17(2)29-14-22(26-16-29)21-13-28(23(30)20-6-4-5-18(3)11-20)15-25(21)9-10-27(24(25)31)12-19-7-8-19/h4-6,11,14,16-17,19,21H,7-10,12-13,15H2,1-3H3/t21-,25+/m0/s1. The van der Waals surface area contributed by atoms with Gasteiger partial charge in [0.25, 0.3) is 5.91 Å². The van der Waals surface area contributed by atoms with Crippen molar-refractivity contribution in [3.8, 4) is 0 Å². The van der Waals surface area contributed by atoms with Crippen molar-refractivity contribution in [2.45, 2.75) is 52.0 Å². The normalized spacial score (nSPS) is 25.9. The van der Waals surface area contributed by atoms with Crippen LogP contribution in [-0.4, -0.2) is 57.3 Å². The number of likely N-dealkylation sites (tertiary alicyclic amines) is 2. The quantitative estimate of drug-likeness (QED) is 0.742. The Kier molecular flexibility index (Phi) is 4.91. The zero-order chi connectivity index (χ0) is 21.8. The molecular formula is C25H32N4O2. The highest BCUT2D eigenvalue weighted by Crippen LogP contribution is 2.50. The highest BCUT2D eigenvalue weighted by Gasteiger charge is 2.59. The molecule has 1 saturated carbocycles. The fourth-order valence-electron chi connectivity index (χ4n) is 5.33. The average molecular weight is 421 g/mol. The Morgan fingerprint density at radius 2 is 2.10 bits per heavy atom. The minimum atomic E-state index is -0.551. The molecule has 3 fully saturated rings. The number of carbonyl (C=O) groups excluding carboxylic acids is 2. The van der Waals surface area contributed by atoms with Crippen molar-refractivity contribution >= 4 is 11.8 Å². The summed E-state index contributed by atoms with van der Waals surface area (Å²) in [5, 5.41) is 0. The summed E-state index contributed by atoms with van der Waals surface area (Å²) >= 11 is 0. The zero-order valence-corrected chi connectivity index (χ0v) is 18.8. The summed E-state index contributed by atoms with van der Waals surface area (Å²) in [6.45, 7) is 8.95. The summed E-state index contributed by atoms with van der Waals surface area (Å²) < 4.78 is 2.09. The molecule has 6 heteroatoms. The van der Waals surface area contributed by atoms with Crippen molar-refractivity contribution in [1.29, 1.82) is 0 Å². The molecule has 0 N–H and O–H groups in total. The Morgan fingerprint density at radius 1 is 1.29 bits per heavy atom. The maximum absolute atomic E-state index is 13.7. The number of aryl methyl sites for hydroxylation is 1. The van der Waals surface area contributed by atoms with Crippen LogP contribution in [0.2, 0.25) is 0 Å². The van der Waals surface area contributed by atoms with E-state index in [1.807, 2.05) is 42.4 Å². The van der Waals surface area contributed by atoms with Gasteiger partial charge in [-0.2, -0.15) is 0 Å². The SMILES string of the molecule is Cc1cccc(C(=O)N2C[C@@H](c3cn(C(C)C)cn3)[C@@]3(CCN(CC4CC4)C3=O)C2)c1. The van der Waals surface area contributed by atoms with Crippen molar-refractivity contribution in [3.05, 3.63) is 53.6 Å². The first-order chi connectivity index (χ1) is 14.9. The third-order valence-electron chi connectivity index (χ3n) is 7.39. The highest BCUT2D eigenvalue weighted by atomic mass is 16.2. The van der Waals surface area contributed by atoms with E-state index in [0.717, 1.165) is 30.8 Å². The molecule has 0 radical (unpaired) electrons. The average Bonchev–Trinajstić information content (AvgIpc) is 3.17. The van der Waals surface area contributed by atoms with Crippen molar-refractivity contribution < 1.29 is 9.59 Å². The summed E-state index contributed by atoms with van der Waals surface area (Å²) in [6.07, 6.45) is 7.21. The minimum absolute atomic E-state index is 0.0160. The lowest BCUT2D eigenvalue weighted by molar-refractivity contribution is -0.136. The molecule has 0 bridgehead atoms. The van der Waals surface area contributed by atoms with Gasteiger partial charge in [-0.25, -0.2) is 4.98 Å². The van der Waals surface area contributed by atoms with Gasteiger partial charge < -0.3 is 14.4 Å². The summed E-state index contributed by atoms with van der Waals surface area (Å²) in [5.41, 5.74) is 2.16. The monoisotopic (exact) mass is 420 g/mol. The van der Waals surface area contributed by atoms with E-state index in [4.69, 9.17) is 4.98 Å². The van der Waals surface area contributed by atoms with Crippen molar-refractivity contribution in [2.75, 3.05) is 26.2 Å². The number of amides is 2. The fourth-order valence-corrected chi connectivity index (χ4v) is 5.33. The van der Waals surface area contributed by atoms with Crippen molar-refractivity contribution in [3.63, 3.8) is 0 Å². The molecule has 1 aromatic carbocycles. The molecule has 164 valence electrons. The summed E-state index contributed by atoms with van der Waals surface area (Å²) in [6, 6.07) is 8.05. The minimum Gasteiger partial charge on any atom is -0.342 e. The Bertz CT molecular complexity index is 1010. The predicted octanol–water partition coefficient (Wildman–Crippen LogP) is 3.64. The molecule has 1 spiro atoms. The number of benzene rings is 1. The highest BCUT2D eigenvalue weighted by molar-refractivity contribution is 5.96. The van der Waals surface area contributed by atoms with Crippen LogP contribution in [0, 0.1) is 18.3 Å². The smallest absolute Gasteiger partial charge is 0.253 e. The summed E-state index contributed by atoms with van der Waals surface area (Å²) in [4.78, 5) is 35.8. The fraction of sp³-hybridized carbons (Fsp3) is 0.560. The maximum Gasteiger partial charge on any atom is 0.253 e. The van der Waals surface area contributed by atoms with Crippen LogP contribution in [0.5, 0.6) is 0 Å². The molecular weight excluding hydrogens is 388 g/mol. The largest absolute Gasteiger partial charge is 0.342 e. The Labute approximate surface area is 184 Å². The second-order valence-corrected chi connectivity index (χ2v) is 10.0. The number of hydrogen-bond donors (Lipinski definition) is 0. The topological polar surface area (TPSA) is 58.4 Å². The van der Waals surface area contributed by atoms with Gasteiger partial charge in [0, 0.05) is 49.9 Å². The second kappa shape index (κ2) is 7.50. The van der Waals surface area contributed by atoms with Crippen LogP contribution in [0.3, 0.4) is 0 Å². The van der Waals surface area contributed by atoms with E-state index < -0.39 is 5.41 Å². The summed E-state index contributed by atoms with van der Waals surface area (Å²) in [7, 11) is 0. The van der Waals surface area contributed by atoms with Crippen LogP contribution in [0.15, 0.2) is 36.8 Å². The number of rotatable bonds is 5. The van der Waals surface area contributed by atoms with E-state index in [1.165, 1.54) is 12.8 Å². The van der Waals surface area contributed by atoms with E-state index in [0.29, 0.717) is 30.6 Å². The van der Waals surface area contributed by atoms with Gasteiger partial charge in [0.2, 0.25) is 5.91 Å². The van der Waals surface area contributed by atoms with E-state index in [1.54, 1.807) is 0 Å². The summed E-state index contributed by atoms with van der Waals surface area (Å²) in [5.74, 6) is 0.854. The van der Waals surface area contributed by atoms with Crippen LogP contribution >= 0.6 is 0 Å². The van der Waals surface area contributed by atoms with Gasteiger partial charge in [0.1, 0.15) is 0 Å². The van der Waals surface area contributed by atoms with E-state index in [9.17, 15) is 9.59 Å². The van der Waals surface area contributed by atoms with Crippen LogP contribution in [0.25, 0.3) is 0 Å². The molecule has 0 unspecified atom stereocenters. The number of imidazole rings is 1. The van der Waals surface area contributed by atoms with E-state index in [2.05, 4.69) is 29.5 Å². The Balaban J connectivity index is 1.47. The molecule has 2 saturated heterocycles. The second-order valence-electron chi connectivity index (χ2n) is 10.0. The van der Waals surface area contributed by atoms with Gasteiger partial charge in [-0.3, -0.25) is 9.59 Å². The first-order valence-corrected chi connectivity index (χ1v) is 11.6. The molecule has 2 aliphatic heterocycles. The van der Waals surface area contributed by atoms with E-state index >= 15 is 0 Å². The maximum atomic E-state index is 13.7. The van der Waals surface area contributed by atoms with Gasteiger partial charge in [0.05, 0.1) is 17.4 Å². The molecule has 2 amide bonds. The molecule has 3 heterocycles. The van der Waals surface area contributed by atoms with Crippen LogP contribution in [-0.2, 0) is 4.79 Å². The Morgan fingerprint density at radius 3 is 2.77 bits per heavy atom. The van der Waals surface area contributed by atoms with Gasteiger partial charge in [-0.05, 0) is 58.1 Å². The lowest BCUT2D eigenvalue weighted by Gasteiger charge is -2.28. The lowest BCUT2D eigenvalue weighted by atomic mass is 9.75. The molecule has 6 nitrogen and oxygen atoms in total. The van der Waals surface area contributed by atoms with Crippen LogP contribution in [0.4, 0.5) is 0 Å². The van der Waals surface area contributed by atoms with Gasteiger partial charge >= 0.3 is 0 Å². The first-order valence-electron chi connectivity index (χ1n) is 11.6. The van der Waals surface area contributed by atoms with Gasteiger partial charge in [-0.15, -0.1) is 0 Å². The lowest BCUT2D eigenvalue weighted by Crippen LogP contribution is -2.41. The third kappa shape index (κ3) is 3.56. The van der Waals surface area contributed by atoms with Crippen LogP contribution in [0.1, 0.15) is 66.7 Å². The number of hydrogen-bond acceptors (Lipinski definition) is 3. The van der Waals surface area contributed by atoms with E-state index in [-0.39, 0.29) is 17.7 Å². The van der Waals surface area contributed by atoms with Gasteiger partial charge in [0.15, 0.2) is 0 Å². The number of nitrogens with zero attached hydrogens (tertiary/aromatic N) is 4. The van der Waals surface area contributed by atoms with Crippen molar-refractivity contribution in [1.82, 2.24) is 19.4 Å². The molecule has 2 aromatic rings. The zero-order valence-electron chi connectivity index (χ0n) is 18.8. The molecule has 31 heavy (non-hydrogen) atoms. The first kappa shape index (κ1) is 20.3. The number of carbonyl (C=O) groups is 2. The van der Waals surface area contributed by atoms with Crippen LogP contribution < -0.4 is 0 Å². The molecule has 2 atom stereocenters. The molecule has 3 aliphatic rings. The third-order valence-corrected chi connectivity index (χ3v) is 7.39. The molecule has 5 rings (SSSR count). The Hall–Kier alpha value is -2.63. The number of aromatic nitrogens is 2. The van der Waals surface area contributed by atoms with Crippen molar-refractivity contribution in [2.24, 2.45) is 11.3 Å².